The van der Waals surface area contributed by atoms with E-state index >= 15 is 0 Å². The van der Waals surface area contributed by atoms with E-state index in [9.17, 15) is 0 Å². The Balaban J connectivity index is 1.70. The summed E-state index contributed by atoms with van der Waals surface area (Å²) in [5.74, 6) is 0. The van der Waals surface area contributed by atoms with Crippen molar-refractivity contribution in [1.82, 2.24) is 5.32 Å². The molecule has 3 aromatic carbocycles. The fourth-order valence-corrected chi connectivity index (χ4v) is 3.11. The van der Waals surface area contributed by atoms with Crippen LogP contribution in [0.25, 0.3) is 10.8 Å². The normalized spacial score (nSPS) is 11.0. The van der Waals surface area contributed by atoms with Gasteiger partial charge in [0.05, 0.1) is 0 Å². The van der Waals surface area contributed by atoms with Crippen LogP contribution in [-0.2, 0) is 13.1 Å². The summed E-state index contributed by atoms with van der Waals surface area (Å²) in [5.41, 5.74) is 2.61. The zero-order chi connectivity index (χ0) is 14.7. The van der Waals surface area contributed by atoms with Crippen molar-refractivity contribution in [2.45, 2.75) is 13.1 Å². The third-order valence-electron chi connectivity index (χ3n) is 3.51. The molecule has 0 spiro atoms. The highest BCUT2D eigenvalue weighted by atomic mass is 79.9. The molecule has 0 aliphatic carbocycles. The number of hydrogen-bond acceptors (Lipinski definition) is 1. The maximum Gasteiger partial charge on any atom is 0.0320 e. The van der Waals surface area contributed by atoms with E-state index in [1.165, 1.54) is 21.9 Å². The monoisotopic (exact) mass is 403 g/mol. The molecule has 0 bridgehead atoms. The summed E-state index contributed by atoms with van der Waals surface area (Å²) in [7, 11) is 0. The Bertz CT molecular complexity index is 763. The largest absolute Gasteiger partial charge is 0.309 e. The lowest BCUT2D eigenvalue weighted by Crippen LogP contribution is -2.12. The van der Waals surface area contributed by atoms with Crippen LogP contribution in [0, 0.1) is 0 Å². The number of fused-ring (bicyclic) bond motifs is 1. The molecule has 0 atom stereocenters. The van der Waals surface area contributed by atoms with Crippen molar-refractivity contribution < 1.29 is 0 Å². The number of nitrogens with one attached hydrogen (secondary N) is 1. The fourth-order valence-electron chi connectivity index (χ4n) is 2.44. The van der Waals surface area contributed by atoms with Crippen LogP contribution >= 0.6 is 31.9 Å². The molecule has 106 valence electrons. The Kier molecular flexibility index (Phi) is 4.73. The summed E-state index contributed by atoms with van der Waals surface area (Å²) in [6, 6.07) is 21.3. The average Bonchev–Trinajstić information content (AvgIpc) is 2.51. The summed E-state index contributed by atoms with van der Waals surface area (Å²) in [4.78, 5) is 0. The molecular weight excluding hydrogens is 390 g/mol. The first-order valence-corrected chi connectivity index (χ1v) is 8.44. The van der Waals surface area contributed by atoms with E-state index in [0.717, 1.165) is 22.0 Å². The van der Waals surface area contributed by atoms with Crippen LogP contribution in [0.4, 0.5) is 0 Å². The van der Waals surface area contributed by atoms with Crippen molar-refractivity contribution in [3.8, 4) is 0 Å². The van der Waals surface area contributed by atoms with Crippen LogP contribution in [0.1, 0.15) is 11.1 Å². The molecule has 3 aromatic rings. The molecule has 1 N–H and O–H groups in total. The molecule has 3 rings (SSSR count). The van der Waals surface area contributed by atoms with Gasteiger partial charge in [0.25, 0.3) is 0 Å². The Labute approximate surface area is 141 Å². The highest BCUT2D eigenvalue weighted by molar-refractivity contribution is 9.13. The summed E-state index contributed by atoms with van der Waals surface area (Å²) >= 11 is 7.03. The van der Waals surface area contributed by atoms with E-state index < -0.39 is 0 Å². The first kappa shape index (κ1) is 14.8. The van der Waals surface area contributed by atoms with E-state index in [4.69, 9.17) is 0 Å². The lowest BCUT2D eigenvalue weighted by molar-refractivity contribution is 0.696. The molecule has 1 nitrogen and oxygen atoms in total. The molecular formula is C18H15Br2N. The molecule has 0 amide bonds. The maximum atomic E-state index is 3.54. The van der Waals surface area contributed by atoms with Gasteiger partial charge in [0.1, 0.15) is 0 Å². The minimum absolute atomic E-state index is 0.856. The fraction of sp³-hybridized carbons (Fsp3) is 0.111. The van der Waals surface area contributed by atoms with Crippen LogP contribution in [-0.4, -0.2) is 0 Å². The highest BCUT2D eigenvalue weighted by Crippen LogP contribution is 2.24. The number of benzene rings is 3. The SMILES string of the molecule is Brc1ccc(CNCc2cccc3ccccc23)cc1Br. The molecule has 21 heavy (non-hydrogen) atoms. The quantitative estimate of drug-likeness (QED) is 0.591. The number of rotatable bonds is 4. The predicted octanol–water partition coefficient (Wildman–Crippen LogP) is 5.65. The molecule has 0 aliphatic rings. The maximum absolute atomic E-state index is 3.54. The van der Waals surface area contributed by atoms with Crippen molar-refractivity contribution in [3.05, 3.63) is 80.7 Å². The van der Waals surface area contributed by atoms with Crippen LogP contribution < -0.4 is 5.32 Å². The van der Waals surface area contributed by atoms with Crippen molar-refractivity contribution in [1.29, 1.82) is 0 Å². The summed E-state index contributed by atoms with van der Waals surface area (Å²) in [6.07, 6.45) is 0. The van der Waals surface area contributed by atoms with E-state index in [-0.39, 0.29) is 0 Å². The second kappa shape index (κ2) is 6.73. The second-order valence-electron chi connectivity index (χ2n) is 4.99. The van der Waals surface area contributed by atoms with Crippen LogP contribution in [0.5, 0.6) is 0 Å². The Morgan fingerprint density at radius 1 is 0.762 bits per heavy atom. The van der Waals surface area contributed by atoms with Gasteiger partial charge in [-0.3, -0.25) is 0 Å². The van der Waals surface area contributed by atoms with Gasteiger partial charge in [0.2, 0.25) is 0 Å². The molecule has 3 heteroatoms. The lowest BCUT2D eigenvalue weighted by atomic mass is 10.0. The standard InChI is InChI=1S/C18H15Br2N/c19-17-9-8-13(10-18(17)20)11-21-12-15-6-3-5-14-4-1-2-7-16(14)15/h1-10,21H,11-12H2. The first-order chi connectivity index (χ1) is 10.2. The van der Waals surface area contributed by atoms with Crippen LogP contribution in [0.3, 0.4) is 0 Å². The Hall–Kier alpha value is -1.16. The summed E-state index contributed by atoms with van der Waals surface area (Å²) < 4.78 is 2.17. The third-order valence-corrected chi connectivity index (χ3v) is 5.39. The van der Waals surface area contributed by atoms with Crippen molar-refractivity contribution >= 4 is 42.6 Å². The molecule has 0 radical (unpaired) electrons. The zero-order valence-corrected chi connectivity index (χ0v) is 14.6. The minimum Gasteiger partial charge on any atom is -0.309 e. The topological polar surface area (TPSA) is 12.0 Å². The van der Waals surface area contributed by atoms with E-state index in [1.807, 2.05) is 0 Å². The smallest absolute Gasteiger partial charge is 0.0320 e. The summed E-state index contributed by atoms with van der Waals surface area (Å²) in [6.45, 7) is 1.73. The van der Waals surface area contributed by atoms with Gasteiger partial charge in [-0.05, 0) is 65.9 Å². The van der Waals surface area contributed by atoms with Crippen molar-refractivity contribution in [2.24, 2.45) is 0 Å². The average molecular weight is 405 g/mol. The molecule has 0 fully saturated rings. The van der Waals surface area contributed by atoms with Crippen LogP contribution in [0.2, 0.25) is 0 Å². The van der Waals surface area contributed by atoms with Gasteiger partial charge >= 0.3 is 0 Å². The molecule has 0 saturated heterocycles. The molecule has 0 unspecified atom stereocenters. The lowest BCUT2D eigenvalue weighted by Gasteiger charge is -2.09. The first-order valence-electron chi connectivity index (χ1n) is 6.85. The van der Waals surface area contributed by atoms with Gasteiger partial charge < -0.3 is 5.32 Å². The molecule has 0 aromatic heterocycles. The Morgan fingerprint density at radius 3 is 2.43 bits per heavy atom. The number of halogens is 2. The predicted molar refractivity (Wildman–Crippen MR) is 96.3 cm³/mol. The van der Waals surface area contributed by atoms with E-state index in [0.29, 0.717) is 0 Å². The van der Waals surface area contributed by atoms with Gasteiger partial charge in [-0.25, -0.2) is 0 Å². The summed E-state index contributed by atoms with van der Waals surface area (Å²) in [5, 5.41) is 6.14. The Morgan fingerprint density at radius 2 is 1.57 bits per heavy atom. The molecule has 0 saturated carbocycles. The van der Waals surface area contributed by atoms with Gasteiger partial charge in [-0.1, -0.05) is 48.5 Å². The van der Waals surface area contributed by atoms with Gasteiger partial charge in [-0.2, -0.15) is 0 Å². The van der Waals surface area contributed by atoms with Gasteiger partial charge in [0.15, 0.2) is 0 Å². The van der Waals surface area contributed by atoms with Gasteiger partial charge in [0, 0.05) is 22.0 Å². The zero-order valence-electron chi connectivity index (χ0n) is 11.4. The molecule has 0 heterocycles. The van der Waals surface area contributed by atoms with Crippen molar-refractivity contribution in [3.63, 3.8) is 0 Å². The third kappa shape index (κ3) is 3.54. The molecule has 0 aliphatic heterocycles. The van der Waals surface area contributed by atoms with E-state index in [1.54, 1.807) is 0 Å². The van der Waals surface area contributed by atoms with Gasteiger partial charge in [-0.15, -0.1) is 0 Å². The minimum atomic E-state index is 0.856. The highest BCUT2D eigenvalue weighted by Gasteiger charge is 2.01. The second-order valence-corrected chi connectivity index (χ2v) is 6.70. The van der Waals surface area contributed by atoms with E-state index in [2.05, 4.69) is 97.8 Å². The van der Waals surface area contributed by atoms with Crippen molar-refractivity contribution in [2.75, 3.05) is 0 Å². The van der Waals surface area contributed by atoms with Crippen LogP contribution in [0.15, 0.2) is 69.6 Å². The number of hydrogen-bond donors (Lipinski definition) is 1.